The molecule has 0 radical (unpaired) electrons. The van der Waals surface area contributed by atoms with Gasteiger partial charge in [0, 0.05) is 11.1 Å². The lowest BCUT2D eigenvalue weighted by Crippen LogP contribution is -2.27. The van der Waals surface area contributed by atoms with Gasteiger partial charge in [0.05, 0.1) is 12.5 Å². The zero-order valence-corrected chi connectivity index (χ0v) is 20.8. The maximum atomic E-state index is 13.5. The Kier molecular flexibility index (Phi) is 5.77. The van der Waals surface area contributed by atoms with Crippen LogP contribution in [-0.2, 0) is 10.2 Å². The van der Waals surface area contributed by atoms with Crippen molar-refractivity contribution >= 4 is 33.3 Å². The molecule has 1 fully saturated rings. The van der Waals surface area contributed by atoms with Gasteiger partial charge in [-0.2, -0.15) is 0 Å². The number of ether oxygens (including phenoxy) is 3. The molecular formula is C28H23N3O5S. The van der Waals surface area contributed by atoms with Crippen molar-refractivity contribution in [2.45, 2.75) is 18.3 Å². The second-order valence-corrected chi connectivity index (χ2v) is 9.85. The van der Waals surface area contributed by atoms with Crippen molar-refractivity contribution in [1.82, 2.24) is 4.98 Å². The average Bonchev–Trinajstić information content (AvgIpc) is 3.46. The highest BCUT2D eigenvalue weighted by Gasteiger charge is 2.52. The highest BCUT2D eigenvalue weighted by molar-refractivity contribution is 7.20. The SMILES string of the molecule is COc1ccc(-c2nc(NC(=O)C3(c4ccc5c(c4)OCO5)CC3)sc2NC(=O)c2ccccc2)cc1. The van der Waals surface area contributed by atoms with E-state index in [0.29, 0.717) is 38.6 Å². The molecule has 0 atom stereocenters. The summed E-state index contributed by atoms with van der Waals surface area (Å²) in [4.78, 5) is 31.1. The number of benzene rings is 3. The van der Waals surface area contributed by atoms with E-state index in [-0.39, 0.29) is 18.6 Å². The van der Waals surface area contributed by atoms with Gasteiger partial charge < -0.3 is 24.8 Å². The number of carbonyl (C=O) groups excluding carboxylic acids is 2. The molecule has 0 bridgehead atoms. The predicted molar refractivity (Wildman–Crippen MR) is 141 cm³/mol. The van der Waals surface area contributed by atoms with Crippen LogP contribution in [0.5, 0.6) is 17.2 Å². The summed E-state index contributed by atoms with van der Waals surface area (Å²) in [5.74, 6) is 1.65. The molecule has 186 valence electrons. The summed E-state index contributed by atoms with van der Waals surface area (Å²) in [5, 5.41) is 6.92. The standard InChI is InChI=1S/C28H23N3O5S/c1-34-20-10-7-17(8-11-20)23-25(30-24(32)18-5-3-2-4-6-18)37-27(29-23)31-26(33)28(13-14-28)19-9-12-21-22(15-19)36-16-35-21/h2-12,15H,13-14,16H2,1H3,(H,30,32)(H,29,31,33). The first-order valence-corrected chi connectivity index (χ1v) is 12.6. The Morgan fingerprint density at radius 1 is 0.946 bits per heavy atom. The van der Waals surface area contributed by atoms with E-state index in [4.69, 9.17) is 19.2 Å². The van der Waals surface area contributed by atoms with Gasteiger partial charge >= 0.3 is 0 Å². The highest BCUT2D eigenvalue weighted by atomic mass is 32.1. The zero-order chi connectivity index (χ0) is 25.4. The van der Waals surface area contributed by atoms with Gasteiger partial charge in [-0.05, 0) is 66.9 Å². The largest absolute Gasteiger partial charge is 0.497 e. The summed E-state index contributed by atoms with van der Waals surface area (Å²) in [5.41, 5.74) is 2.14. The Labute approximate surface area is 217 Å². The van der Waals surface area contributed by atoms with Crippen LogP contribution in [0.3, 0.4) is 0 Å². The third-order valence-electron chi connectivity index (χ3n) is 6.58. The third-order valence-corrected chi connectivity index (χ3v) is 7.47. The summed E-state index contributed by atoms with van der Waals surface area (Å²) >= 11 is 1.22. The average molecular weight is 514 g/mol. The number of carbonyl (C=O) groups is 2. The number of nitrogens with zero attached hydrogens (tertiary/aromatic N) is 1. The van der Waals surface area contributed by atoms with Crippen molar-refractivity contribution in [3.8, 4) is 28.5 Å². The van der Waals surface area contributed by atoms with Crippen molar-refractivity contribution in [2.24, 2.45) is 0 Å². The van der Waals surface area contributed by atoms with Crippen molar-refractivity contribution in [3.05, 3.63) is 83.9 Å². The normalized spacial score (nSPS) is 14.6. The van der Waals surface area contributed by atoms with E-state index >= 15 is 0 Å². The first-order valence-electron chi connectivity index (χ1n) is 11.8. The fourth-order valence-corrected chi connectivity index (χ4v) is 5.23. The number of aromatic nitrogens is 1. The zero-order valence-electron chi connectivity index (χ0n) is 19.9. The predicted octanol–water partition coefficient (Wildman–Crippen LogP) is 5.47. The first-order chi connectivity index (χ1) is 18.1. The van der Waals surface area contributed by atoms with Gasteiger partial charge in [0.2, 0.25) is 12.7 Å². The maximum absolute atomic E-state index is 13.5. The molecule has 2 heterocycles. The first kappa shape index (κ1) is 23.1. The number of rotatable bonds is 7. The van der Waals surface area contributed by atoms with E-state index in [0.717, 1.165) is 24.0 Å². The van der Waals surface area contributed by atoms with Crippen LogP contribution in [0.2, 0.25) is 0 Å². The van der Waals surface area contributed by atoms with Crippen molar-refractivity contribution < 1.29 is 23.8 Å². The van der Waals surface area contributed by atoms with Crippen LogP contribution in [0.25, 0.3) is 11.3 Å². The van der Waals surface area contributed by atoms with Gasteiger partial charge in [-0.1, -0.05) is 35.6 Å². The minimum absolute atomic E-state index is 0.137. The van der Waals surface area contributed by atoms with E-state index in [2.05, 4.69) is 10.6 Å². The van der Waals surface area contributed by atoms with E-state index in [1.807, 2.05) is 60.7 Å². The molecule has 37 heavy (non-hydrogen) atoms. The van der Waals surface area contributed by atoms with E-state index in [1.54, 1.807) is 19.2 Å². The molecule has 9 heteroatoms. The lowest BCUT2D eigenvalue weighted by Gasteiger charge is -2.15. The Bertz CT molecular complexity index is 1480. The fourth-order valence-electron chi connectivity index (χ4n) is 4.35. The minimum atomic E-state index is -0.639. The maximum Gasteiger partial charge on any atom is 0.256 e. The summed E-state index contributed by atoms with van der Waals surface area (Å²) < 4.78 is 16.2. The Balaban J connectivity index is 1.29. The van der Waals surface area contributed by atoms with Gasteiger partial charge in [0.15, 0.2) is 16.6 Å². The molecule has 2 aliphatic rings. The topological polar surface area (TPSA) is 98.8 Å². The number of methoxy groups -OCH3 is 1. The lowest BCUT2D eigenvalue weighted by molar-refractivity contribution is -0.118. The Hall–Kier alpha value is -4.37. The van der Waals surface area contributed by atoms with Crippen LogP contribution in [0.1, 0.15) is 28.8 Å². The van der Waals surface area contributed by atoms with Gasteiger partial charge in [-0.3, -0.25) is 9.59 Å². The number of thiazole rings is 1. The molecule has 1 aromatic heterocycles. The minimum Gasteiger partial charge on any atom is -0.497 e. The number of amides is 2. The molecule has 1 saturated carbocycles. The van der Waals surface area contributed by atoms with E-state index < -0.39 is 5.41 Å². The van der Waals surface area contributed by atoms with Crippen LogP contribution in [0.4, 0.5) is 10.1 Å². The molecule has 4 aromatic rings. The van der Waals surface area contributed by atoms with Gasteiger partial charge in [-0.15, -0.1) is 0 Å². The molecule has 3 aromatic carbocycles. The molecule has 0 saturated heterocycles. The van der Waals surface area contributed by atoms with Gasteiger partial charge in [0.25, 0.3) is 5.91 Å². The smallest absolute Gasteiger partial charge is 0.256 e. The second kappa shape index (κ2) is 9.25. The molecule has 2 amide bonds. The lowest BCUT2D eigenvalue weighted by atomic mass is 9.94. The molecule has 6 rings (SSSR count). The van der Waals surface area contributed by atoms with E-state index in [1.165, 1.54) is 11.3 Å². The molecular weight excluding hydrogens is 490 g/mol. The van der Waals surface area contributed by atoms with Gasteiger partial charge in [-0.25, -0.2) is 4.98 Å². The number of anilines is 2. The summed E-state index contributed by atoms with van der Waals surface area (Å²) in [7, 11) is 1.60. The number of hydrogen-bond acceptors (Lipinski definition) is 7. The Morgan fingerprint density at radius 2 is 1.70 bits per heavy atom. The van der Waals surface area contributed by atoms with Crippen LogP contribution in [0.15, 0.2) is 72.8 Å². The molecule has 0 unspecified atom stereocenters. The summed E-state index contributed by atoms with van der Waals surface area (Å²) in [6.45, 7) is 0.183. The molecule has 8 nitrogen and oxygen atoms in total. The van der Waals surface area contributed by atoms with Crippen molar-refractivity contribution in [2.75, 3.05) is 24.5 Å². The van der Waals surface area contributed by atoms with Crippen LogP contribution >= 0.6 is 11.3 Å². The molecule has 1 aliphatic heterocycles. The highest BCUT2D eigenvalue weighted by Crippen LogP contribution is 2.51. The monoisotopic (exact) mass is 513 g/mol. The quantitative estimate of drug-likeness (QED) is 0.340. The molecule has 2 N–H and O–H groups in total. The summed E-state index contributed by atoms with van der Waals surface area (Å²) in [6, 6.07) is 22.0. The number of nitrogens with one attached hydrogen (secondary N) is 2. The number of hydrogen-bond donors (Lipinski definition) is 2. The van der Waals surface area contributed by atoms with Gasteiger partial charge in [0.1, 0.15) is 16.4 Å². The summed E-state index contributed by atoms with van der Waals surface area (Å²) in [6.07, 6.45) is 1.46. The van der Waals surface area contributed by atoms with Crippen LogP contribution < -0.4 is 24.8 Å². The van der Waals surface area contributed by atoms with Crippen molar-refractivity contribution in [1.29, 1.82) is 0 Å². The third kappa shape index (κ3) is 4.38. The van der Waals surface area contributed by atoms with E-state index in [9.17, 15) is 9.59 Å². The Morgan fingerprint density at radius 3 is 2.43 bits per heavy atom. The van der Waals surface area contributed by atoms with Crippen molar-refractivity contribution in [3.63, 3.8) is 0 Å². The fraction of sp³-hybridized carbons (Fsp3) is 0.179. The molecule has 1 aliphatic carbocycles. The van der Waals surface area contributed by atoms with Crippen LogP contribution in [-0.4, -0.2) is 30.7 Å². The molecule has 0 spiro atoms. The second-order valence-electron chi connectivity index (χ2n) is 8.85. The number of fused-ring (bicyclic) bond motifs is 1. The van der Waals surface area contributed by atoms with Crippen LogP contribution in [0, 0.1) is 0 Å².